The molecule has 0 radical (unpaired) electrons. The van der Waals surface area contributed by atoms with Crippen LogP contribution in [0.15, 0.2) is 36.4 Å². The predicted molar refractivity (Wildman–Crippen MR) is 67.3 cm³/mol. The Hall–Kier alpha value is -2.14. The van der Waals surface area contributed by atoms with Crippen LogP contribution in [0.1, 0.15) is 16.8 Å². The first-order valence-corrected chi connectivity index (χ1v) is 5.64. The summed E-state index contributed by atoms with van der Waals surface area (Å²) in [7, 11) is 0. The van der Waals surface area contributed by atoms with Gasteiger partial charge in [0.1, 0.15) is 0 Å². The molecule has 0 aromatic heterocycles. The number of anilines is 1. The third-order valence-electron chi connectivity index (χ3n) is 2.83. The van der Waals surface area contributed by atoms with Gasteiger partial charge in [0.05, 0.1) is 11.5 Å². The molecule has 2 unspecified atom stereocenters. The molecular formula is C13H14N2O3. The number of hydrogen-bond donors (Lipinski definition) is 3. The van der Waals surface area contributed by atoms with Crippen LogP contribution in [0, 0.1) is 5.92 Å². The Labute approximate surface area is 104 Å². The van der Waals surface area contributed by atoms with Crippen LogP contribution >= 0.6 is 0 Å². The summed E-state index contributed by atoms with van der Waals surface area (Å²) < 4.78 is 0. The fourth-order valence-corrected chi connectivity index (χ4v) is 1.89. The second kappa shape index (κ2) is 5.01. The number of nitrogens with one attached hydrogen (secondary N) is 1. The van der Waals surface area contributed by atoms with E-state index < -0.39 is 5.97 Å². The van der Waals surface area contributed by atoms with Gasteiger partial charge >= 0.3 is 5.97 Å². The average Bonchev–Trinajstić information content (AvgIpc) is 2.76. The quantitative estimate of drug-likeness (QED) is 0.699. The third-order valence-corrected chi connectivity index (χ3v) is 2.83. The molecular weight excluding hydrogens is 232 g/mol. The zero-order valence-corrected chi connectivity index (χ0v) is 9.67. The standard InChI is InChI=1S/C13H14N2O3/c14-10-5-4-8(6-10)12(16)15-11-3-1-2-9(7-11)13(17)18/h1-5,7-8,10H,6,14H2,(H,15,16)(H,17,18). The van der Waals surface area contributed by atoms with E-state index in [9.17, 15) is 9.59 Å². The van der Waals surface area contributed by atoms with Crippen LogP contribution in [0.5, 0.6) is 0 Å². The van der Waals surface area contributed by atoms with E-state index >= 15 is 0 Å². The first kappa shape index (κ1) is 12.3. The Morgan fingerprint density at radius 1 is 1.33 bits per heavy atom. The van der Waals surface area contributed by atoms with E-state index in [1.54, 1.807) is 24.3 Å². The molecule has 0 aliphatic heterocycles. The third kappa shape index (κ3) is 2.75. The molecule has 5 heteroatoms. The van der Waals surface area contributed by atoms with Crippen LogP contribution < -0.4 is 11.1 Å². The molecule has 5 nitrogen and oxygen atoms in total. The Morgan fingerprint density at radius 2 is 2.11 bits per heavy atom. The molecule has 1 amide bonds. The van der Waals surface area contributed by atoms with Crippen LogP contribution in [-0.4, -0.2) is 23.0 Å². The number of amides is 1. The van der Waals surface area contributed by atoms with E-state index in [1.807, 2.05) is 0 Å². The number of carboxylic acid groups (broad SMARTS) is 1. The number of carbonyl (C=O) groups excluding carboxylic acids is 1. The molecule has 0 spiro atoms. The van der Waals surface area contributed by atoms with Crippen molar-refractivity contribution >= 4 is 17.6 Å². The number of benzene rings is 1. The summed E-state index contributed by atoms with van der Waals surface area (Å²) in [6.07, 6.45) is 4.17. The highest BCUT2D eigenvalue weighted by molar-refractivity contribution is 5.96. The molecule has 1 aromatic rings. The number of carbonyl (C=O) groups is 2. The number of nitrogens with two attached hydrogens (primary N) is 1. The van der Waals surface area contributed by atoms with Crippen molar-refractivity contribution in [3.63, 3.8) is 0 Å². The zero-order valence-electron chi connectivity index (χ0n) is 9.67. The maximum Gasteiger partial charge on any atom is 0.335 e. The lowest BCUT2D eigenvalue weighted by Gasteiger charge is -2.10. The minimum atomic E-state index is -1.02. The fraction of sp³-hybridized carbons (Fsp3) is 0.231. The largest absolute Gasteiger partial charge is 0.478 e. The lowest BCUT2D eigenvalue weighted by molar-refractivity contribution is -0.118. The Morgan fingerprint density at radius 3 is 2.72 bits per heavy atom. The molecule has 18 heavy (non-hydrogen) atoms. The van der Waals surface area contributed by atoms with E-state index in [2.05, 4.69) is 5.32 Å². The minimum Gasteiger partial charge on any atom is -0.478 e. The van der Waals surface area contributed by atoms with Crippen LogP contribution in [0.25, 0.3) is 0 Å². The molecule has 2 rings (SSSR count). The second-order valence-electron chi connectivity index (χ2n) is 4.27. The Kier molecular flexibility index (Phi) is 3.43. The van der Waals surface area contributed by atoms with E-state index in [1.165, 1.54) is 12.1 Å². The highest BCUT2D eigenvalue weighted by Gasteiger charge is 2.22. The van der Waals surface area contributed by atoms with E-state index in [4.69, 9.17) is 10.8 Å². The number of hydrogen-bond acceptors (Lipinski definition) is 3. The van der Waals surface area contributed by atoms with Crippen LogP contribution in [-0.2, 0) is 4.79 Å². The molecule has 0 saturated heterocycles. The molecule has 94 valence electrons. The summed E-state index contributed by atoms with van der Waals surface area (Å²) in [6, 6.07) is 6.08. The molecule has 4 N–H and O–H groups in total. The molecule has 0 heterocycles. The summed E-state index contributed by atoms with van der Waals surface area (Å²) >= 11 is 0. The van der Waals surface area contributed by atoms with Crippen molar-refractivity contribution in [1.29, 1.82) is 0 Å². The van der Waals surface area contributed by atoms with Crippen molar-refractivity contribution < 1.29 is 14.7 Å². The summed E-state index contributed by atoms with van der Waals surface area (Å²) in [6.45, 7) is 0. The van der Waals surface area contributed by atoms with E-state index in [0.717, 1.165) is 0 Å². The average molecular weight is 246 g/mol. The predicted octanol–water partition coefficient (Wildman–Crippen LogP) is 1.23. The van der Waals surface area contributed by atoms with Crippen molar-refractivity contribution in [2.45, 2.75) is 12.5 Å². The first-order valence-electron chi connectivity index (χ1n) is 5.64. The summed E-state index contributed by atoms with van der Waals surface area (Å²) in [5.74, 6) is -1.43. The van der Waals surface area contributed by atoms with Crippen molar-refractivity contribution in [3.05, 3.63) is 42.0 Å². The van der Waals surface area contributed by atoms with Gasteiger partial charge < -0.3 is 16.2 Å². The molecule has 0 fully saturated rings. The molecule has 1 aromatic carbocycles. The first-order chi connectivity index (χ1) is 8.56. The SMILES string of the molecule is NC1C=CC(C(=O)Nc2cccc(C(=O)O)c2)C1. The highest BCUT2D eigenvalue weighted by Crippen LogP contribution is 2.19. The van der Waals surface area contributed by atoms with Gasteiger partial charge in [0.15, 0.2) is 0 Å². The number of rotatable bonds is 3. The monoisotopic (exact) mass is 246 g/mol. The van der Waals surface area contributed by atoms with Gasteiger partial charge in [-0.1, -0.05) is 18.2 Å². The lowest BCUT2D eigenvalue weighted by Crippen LogP contribution is -2.24. The fourth-order valence-electron chi connectivity index (χ4n) is 1.89. The maximum absolute atomic E-state index is 11.9. The van der Waals surface area contributed by atoms with Gasteiger partial charge in [-0.15, -0.1) is 0 Å². The van der Waals surface area contributed by atoms with Gasteiger partial charge in [0, 0.05) is 11.7 Å². The van der Waals surface area contributed by atoms with Crippen LogP contribution in [0.2, 0.25) is 0 Å². The zero-order chi connectivity index (χ0) is 13.1. The van der Waals surface area contributed by atoms with Gasteiger partial charge in [0.25, 0.3) is 0 Å². The topological polar surface area (TPSA) is 92.4 Å². The molecule has 0 saturated carbocycles. The van der Waals surface area contributed by atoms with Gasteiger partial charge in [-0.25, -0.2) is 4.79 Å². The molecule has 2 atom stereocenters. The van der Waals surface area contributed by atoms with Crippen molar-refractivity contribution in [3.8, 4) is 0 Å². The summed E-state index contributed by atoms with van der Waals surface area (Å²) in [4.78, 5) is 22.7. The van der Waals surface area contributed by atoms with Crippen molar-refractivity contribution in [1.82, 2.24) is 0 Å². The van der Waals surface area contributed by atoms with Gasteiger partial charge in [-0.2, -0.15) is 0 Å². The number of carboxylic acids is 1. The minimum absolute atomic E-state index is 0.0777. The van der Waals surface area contributed by atoms with Crippen molar-refractivity contribution in [2.24, 2.45) is 11.7 Å². The van der Waals surface area contributed by atoms with Gasteiger partial charge in [-0.05, 0) is 24.6 Å². The second-order valence-corrected chi connectivity index (χ2v) is 4.27. The highest BCUT2D eigenvalue weighted by atomic mass is 16.4. The van der Waals surface area contributed by atoms with E-state index in [-0.39, 0.29) is 23.4 Å². The van der Waals surface area contributed by atoms with E-state index in [0.29, 0.717) is 12.1 Å². The molecule has 1 aliphatic carbocycles. The smallest absolute Gasteiger partial charge is 0.335 e. The van der Waals surface area contributed by atoms with Gasteiger partial charge in [0.2, 0.25) is 5.91 Å². The number of aromatic carboxylic acids is 1. The van der Waals surface area contributed by atoms with Gasteiger partial charge in [-0.3, -0.25) is 4.79 Å². The Bertz CT molecular complexity index is 511. The summed E-state index contributed by atoms with van der Waals surface area (Å²) in [5.41, 5.74) is 6.30. The van der Waals surface area contributed by atoms with Crippen molar-refractivity contribution in [2.75, 3.05) is 5.32 Å². The van der Waals surface area contributed by atoms with Crippen LogP contribution in [0.3, 0.4) is 0 Å². The lowest BCUT2D eigenvalue weighted by atomic mass is 10.1. The summed E-state index contributed by atoms with van der Waals surface area (Å²) in [5, 5.41) is 11.5. The maximum atomic E-state index is 11.9. The normalized spacial score (nSPS) is 21.8. The molecule has 0 bridgehead atoms. The Balaban J connectivity index is 2.05. The van der Waals surface area contributed by atoms with Crippen LogP contribution in [0.4, 0.5) is 5.69 Å². The molecule has 1 aliphatic rings.